The van der Waals surface area contributed by atoms with Crippen molar-refractivity contribution in [3.63, 3.8) is 0 Å². The van der Waals surface area contributed by atoms with E-state index in [1.807, 2.05) is 0 Å². The van der Waals surface area contributed by atoms with Crippen LogP contribution < -0.4 is 10.0 Å². The summed E-state index contributed by atoms with van der Waals surface area (Å²) in [7, 11) is -3.55. The number of carbonyl (C=O) groups excluding carboxylic acids is 1. The summed E-state index contributed by atoms with van der Waals surface area (Å²) in [6, 6.07) is 0.551. The van der Waals surface area contributed by atoms with Crippen LogP contribution in [0, 0.1) is 0 Å². The van der Waals surface area contributed by atoms with Crippen molar-refractivity contribution in [3.05, 3.63) is 0 Å². The van der Waals surface area contributed by atoms with Gasteiger partial charge in [-0.25, -0.2) is 13.1 Å². The number of esters is 1. The molecule has 0 bridgehead atoms. The third-order valence-corrected chi connectivity index (χ3v) is 3.33. The van der Waals surface area contributed by atoms with E-state index in [0.717, 1.165) is 12.8 Å². The first-order valence-electron chi connectivity index (χ1n) is 5.40. The van der Waals surface area contributed by atoms with Crippen LogP contribution in [-0.2, 0) is 19.6 Å². The van der Waals surface area contributed by atoms with Crippen molar-refractivity contribution in [2.24, 2.45) is 0 Å². The quantitative estimate of drug-likeness (QED) is 0.436. The molecule has 6 nitrogen and oxygen atoms in total. The summed E-state index contributed by atoms with van der Waals surface area (Å²) in [5.41, 5.74) is 0. The summed E-state index contributed by atoms with van der Waals surface area (Å²) < 4.78 is 29.6. The van der Waals surface area contributed by atoms with Crippen molar-refractivity contribution in [2.45, 2.75) is 25.8 Å². The van der Waals surface area contributed by atoms with Crippen LogP contribution in [0.3, 0.4) is 0 Å². The van der Waals surface area contributed by atoms with Crippen LogP contribution in [0.5, 0.6) is 0 Å². The van der Waals surface area contributed by atoms with Gasteiger partial charge in [0.25, 0.3) is 0 Å². The highest BCUT2D eigenvalue weighted by Gasteiger charge is 2.20. The molecule has 16 heavy (non-hydrogen) atoms. The number of hydrogen-bond donors (Lipinski definition) is 2. The minimum Gasteiger partial charge on any atom is -0.465 e. The second-order valence-electron chi connectivity index (χ2n) is 3.69. The Labute approximate surface area is 95.8 Å². The molecule has 94 valence electrons. The van der Waals surface area contributed by atoms with Crippen molar-refractivity contribution in [1.82, 2.24) is 10.0 Å². The van der Waals surface area contributed by atoms with Gasteiger partial charge in [0.2, 0.25) is 10.0 Å². The molecule has 0 aliphatic heterocycles. The lowest BCUT2D eigenvalue weighted by Crippen LogP contribution is -2.36. The van der Waals surface area contributed by atoms with Gasteiger partial charge >= 0.3 is 5.97 Å². The van der Waals surface area contributed by atoms with Crippen LogP contribution in [0.25, 0.3) is 0 Å². The van der Waals surface area contributed by atoms with Gasteiger partial charge < -0.3 is 10.1 Å². The van der Waals surface area contributed by atoms with E-state index in [1.165, 1.54) is 0 Å². The zero-order valence-corrected chi connectivity index (χ0v) is 10.2. The zero-order valence-electron chi connectivity index (χ0n) is 9.36. The van der Waals surface area contributed by atoms with Crippen LogP contribution in [-0.4, -0.2) is 45.9 Å². The molecule has 1 aliphatic rings. The monoisotopic (exact) mass is 250 g/mol. The highest BCUT2D eigenvalue weighted by molar-refractivity contribution is 7.90. The summed E-state index contributed by atoms with van der Waals surface area (Å²) in [5, 5.41) is 3.16. The molecular weight excluding hydrogens is 232 g/mol. The number of ether oxygens (including phenoxy) is 1. The molecule has 0 aromatic carbocycles. The molecule has 0 atom stereocenters. The molecule has 0 radical (unpaired) electrons. The van der Waals surface area contributed by atoms with E-state index < -0.39 is 21.7 Å². The fourth-order valence-electron chi connectivity index (χ4n) is 1.18. The second kappa shape index (κ2) is 6.17. The van der Waals surface area contributed by atoms with Gasteiger partial charge in [-0.05, 0) is 19.8 Å². The van der Waals surface area contributed by atoms with E-state index in [2.05, 4.69) is 14.8 Å². The highest BCUT2D eigenvalue weighted by atomic mass is 32.2. The van der Waals surface area contributed by atoms with Gasteiger partial charge in [-0.1, -0.05) is 0 Å². The molecule has 0 aromatic heterocycles. The number of hydrogen-bond acceptors (Lipinski definition) is 5. The summed E-state index contributed by atoms with van der Waals surface area (Å²) in [6.07, 6.45) is 2.32. The average molecular weight is 250 g/mol. The molecular formula is C9H18N2O4S. The minimum atomic E-state index is -3.55. The smallest absolute Gasteiger partial charge is 0.322 e. The van der Waals surface area contributed by atoms with Gasteiger partial charge in [0.1, 0.15) is 0 Å². The predicted molar refractivity (Wildman–Crippen MR) is 59.4 cm³/mol. The topological polar surface area (TPSA) is 84.5 Å². The summed E-state index contributed by atoms with van der Waals surface area (Å²) in [5.74, 6) is -1.32. The second-order valence-corrected chi connectivity index (χ2v) is 5.49. The maximum atomic E-state index is 11.3. The first-order chi connectivity index (χ1) is 7.53. The molecule has 0 unspecified atom stereocenters. The minimum absolute atomic E-state index is 0.192. The van der Waals surface area contributed by atoms with Crippen molar-refractivity contribution < 1.29 is 17.9 Å². The zero-order chi connectivity index (χ0) is 12.0. The standard InChI is InChI=1S/C9H18N2O4S/c1-2-15-9(12)7-16(13,14)11-6-5-10-8-3-4-8/h8,10-11H,2-7H2,1H3. The van der Waals surface area contributed by atoms with Crippen molar-refractivity contribution >= 4 is 16.0 Å². The Kier molecular flexibility index (Phi) is 5.17. The van der Waals surface area contributed by atoms with Gasteiger partial charge in [-0.3, -0.25) is 4.79 Å². The van der Waals surface area contributed by atoms with E-state index >= 15 is 0 Å². The Morgan fingerprint density at radius 3 is 2.62 bits per heavy atom. The van der Waals surface area contributed by atoms with E-state index in [1.54, 1.807) is 6.92 Å². The number of carbonyl (C=O) groups is 1. The van der Waals surface area contributed by atoms with E-state index in [0.29, 0.717) is 19.1 Å². The van der Waals surface area contributed by atoms with Crippen LogP contribution in [0.2, 0.25) is 0 Å². The Hall–Kier alpha value is -0.660. The first-order valence-corrected chi connectivity index (χ1v) is 7.05. The highest BCUT2D eigenvalue weighted by Crippen LogP contribution is 2.17. The van der Waals surface area contributed by atoms with E-state index in [9.17, 15) is 13.2 Å². The maximum Gasteiger partial charge on any atom is 0.322 e. The Bertz CT molecular complexity index is 324. The van der Waals surface area contributed by atoms with Crippen LogP contribution in [0.1, 0.15) is 19.8 Å². The molecule has 0 heterocycles. The lowest BCUT2D eigenvalue weighted by Gasteiger charge is -2.06. The first kappa shape index (κ1) is 13.4. The molecule has 0 aromatic rings. The van der Waals surface area contributed by atoms with Gasteiger partial charge in [0.05, 0.1) is 6.61 Å². The normalized spacial score (nSPS) is 16.1. The molecule has 0 saturated heterocycles. The van der Waals surface area contributed by atoms with Gasteiger partial charge in [0.15, 0.2) is 5.75 Å². The van der Waals surface area contributed by atoms with Crippen LogP contribution in [0.15, 0.2) is 0 Å². The lowest BCUT2D eigenvalue weighted by molar-refractivity contribution is -0.139. The molecule has 1 rings (SSSR count). The molecule has 1 aliphatic carbocycles. The summed E-state index contributed by atoms with van der Waals surface area (Å²) in [4.78, 5) is 11.0. The summed E-state index contributed by atoms with van der Waals surface area (Å²) in [6.45, 7) is 2.72. The molecule has 0 amide bonds. The SMILES string of the molecule is CCOC(=O)CS(=O)(=O)NCCNC1CC1. The van der Waals surface area contributed by atoms with Crippen molar-refractivity contribution in [2.75, 3.05) is 25.4 Å². The molecule has 0 spiro atoms. The van der Waals surface area contributed by atoms with Gasteiger partial charge in [0, 0.05) is 19.1 Å². The Balaban J connectivity index is 2.14. The number of rotatable bonds is 8. The van der Waals surface area contributed by atoms with Crippen molar-refractivity contribution in [3.8, 4) is 0 Å². The van der Waals surface area contributed by atoms with Crippen molar-refractivity contribution in [1.29, 1.82) is 0 Å². The number of sulfonamides is 1. The molecule has 7 heteroatoms. The third kappa shape index (κ3) is 6.04. The van der Waals surface area contributed by atoms with Crippen LogP contribution >= 0.6 is 0 Å². The maximum absolute atomic E-state index is 11.3. The fourth-order valence-corrected chi connectivity index (χ4v) is 2.09. The third-order valence-electron chi connectivity index (χ3n) is 2.07. The van der Waals surface area contributed by atoms with E-state index in [-0.39, 0.29) is 6.61 Å². The lowest BCUT2D eigenvalue weighted by atomic mass is 10.6. The van der Waals surface area contributed by atoms with Gasteiger partial charge in [-0.2, -0.15) is 0 Å². The average Bonchev–Trinajstić information content (AvgIpc) is 2.95. The summed E-state index contributed by atoms with van der Waals surface area (Å²) >= 11 is 0. The van der Waals surface area contributed by atoms with E-state index in [4.69, 9.17) is 0 Å². The van der Waals surface area contributed by atoms with Gasteiger partial charge in [-0.15, -0.1) is 0 Å². The fraction of sp³-hybridized carbons (Fsp3) is 0.889. The molecule has 1 fully saturated rings. The molecule has 2 N–H and O–H groups in total. The largest absolute Gasteiger partial charge is 0.465 e. The number of nitrogens with one attached hydrogen (secondary N) is 2. The van der Waals surface area contributed by atoms with Crippen LogP contribution in [0.4, 0.5) is 0 Å². The Morgan fingerprint density at radius 2 is 2.06 bits per heavy atom. The Morgan fingerprint density at radius 1 is 1.38 bits per heavy atom. The molecule has 1 saturated carbocycles. The predicted octanol–water partition coefficient (Wildman–Crippen LogP) is -0.779.